The Morgan fingerprint density at radius 1 is 1.64 bits per heavy atom. The van der Waals surface area contributed by atoms with Gasteiger partial charge in [-0.25, -0.2) is 4.68 Å². The average Bonchev–Trinajstić information content (AvgIpc) is 2.26. The van der Waals surface area contributed by atoms with Crippen LogP contribution in [0.1, 0.15) is 6.42 Å². The van der Waals surface area contributed by atoms with Crippen LogP contribution in [-0.4, -0.2) is 26.5 Å². The van der Waals surface area contributed by atoms with E-state index in [0.717, 1.165) is 0 Å². The van der Waals surface area contributed by atoms with Crippen LogP contribution in [0.5, 0.6) is 0 Å². The molecule has 1 rings (SSSR count). The molecule has 62 valence electrons. The smallest absolute Gasteiger partial charge is 0.240 e. The van der Waals surface area contributed by atoms with Crippen LogP contribution in [0.25, 0.3) is 0 Å². The second kappa shape index (κ2) is 3.68. The molecule has 1 aromatic rings. The maximum absolute atomic E-state index is 8.52. The summed E-state index contributed by atoms with van der Waals surface area (Å²) in [5.74, 6) is 0.245. The van der Waals surface area contributed by atoms with Gasteiger partial charge in [-0.3, -0.25) is 0 Å². The van der Waals surface area contributed by atoms with E-state index >= 15 is 0 Å². The summed E-state index contributed by atoms with van der Waals surface area (Å²) in [6.45, 7) is 0.771. The molecule has 0 bridgehead atoms. The molecule has 3 N–H and O–H groups in total. The average molecular weight is 221 g/mol. The maximum atomic E-state index is 8.52. The molecule has 0 amide bonds. The van der Waals surface area contributed by atoms with Crippen molar-refractivity contribution in [2.75, 3.05) is 12.3 Å². The topological polar surface area (TPSA) is 77.0 Å². The van der Waals surface area contributed by atoms with E-state index in [1.165, 1.54) is 0 Å². The Hall–Kier alpha value is -0.620. The summed E-state index contributed by atoms with van der Waals surface area (Å²) in [5.41, 5.74) is 5.32. The second-order valence-corrected chi connectivity index (χ2v) is 2.75. The summed E-state index contributed by atoms with van der Waals surface area (Å²) < 4.78 is 2.20. The number of rotatable bonds is 3. The summed E-state index contributed by atoms with van der Waals surface area (Å²) >= 11 is 3.17. The molecule has 0 saturated carbocycles. The van der Waals surface area contributed by atoms with Crippen molar-refractivity contribution in [3.05, 3.63) is 4.73 Å². The summed E-state index contributed by atoms with van der Waals surface area (Å²) in [6.07, 6.45) is 0.654. The van der Waals surface area contributed by atoms with Gasteiger partial charge in [0.1, 0.15) is 0 Å². The fourth-order valence-electron chi connectivity index (χ4n) is 0.702. The predicted octanol–water partition coefficient (Wildman–Crippen LogP) is 0.00520. The van der Waals surface area contributed by atoms with Gasteiger partial charge in [-0.2, -0.15) is 4.98 Å². The second-order valence-electron chi connectivity index (χ2n) is 2.04. The van der Waals surface area contributed by atoms with E-state index in [-0.39, 0.29) is 12.6 Å². The zero-order chi connectivity index (χ0) is 8.27. The van der Waals surface area contributed by atoms with Crippen molar-refractivity contribution in [3.8, 4) is 0 Å². The Balaban J connectivity index is 2.62. The van der Waals surface area contributed by atoms with Gasteiger partial charge in [0.15, 0.2) is 4.73 Å². The highest BCUT2D eigenvalue weighted by molar-refractivity contribution is 9.10. The largest absolute Gasteiger partial charge is 0.396 e. The SMILES string of the molecule is Nc1nc(Br)n(CCCO)n1. The van der Waals surface area contributed by atoms with Gasteiger partial charge in [0.05, 0.1) is 0 Å². The third kappa shape index (κ3) is 2.16. The molecule has 0 aliphatic heterocycles. The molecule has 0 spiro atoms. The normalized spacial score (nSPS) is 10.4. The molecule has 1 heterocycles. The minimum Gasteiger partial charge on any atom is -0.396 e. The highest BCUT2D eigenvalue weighted by Gasteiger charge is 2.02. The van der Waals surface area contributed by atoms with E-state index in [0.29, 0.717) is 17.7 Å². The highest BCUT2D eigenvalue weighted by Crippen LogP contribution is 2.07. The van der Waals surface area contributed by atoms with Crippen molar-refractivity contribution in [2.24, 2.45) is 0 Å². The predicted molar refractivity (Wildman–Crippen MR) is 43.8 cm³/mol. The van der Waals surface area contributed by atoms with Gasteiger partial charge >= 0.3 is 0 Å². The van der Waals surface area contributed by atoms with E-state index in [1.54, 1.807) is 4.68 Å². The summed E-state index contributed by atoms with van der Waals surface area (Å²) in [7, 11) is 0. The van der Waals surface area contributed by atoms with Crippen LogP contribution in [0.4, 0.5) is 5.95 Å². The molecule has 0 fully saturated rings. The molecule has 0 unspecified atom stereocenters. The lowest BCUT2D eigenvalue weighted by atomic mass is 10.5. The molecule has 6 heteroatoms. The lowest BCUT2D eigenvalue weighted by molar-refractivity contribution is 0.276. The fourth-order valence-corrected chi connectivity index (χ4v) is 1.14. The first-order valence-electron chi connectivity index (χ1n) is 3.20. The molecule has 11 heavy (non-hydrogen) atoms. The van der Waals surface area contributed by atoms with Crippen molar-refractivity contribution in [1.29, 1.82) is 0 Å². The van der Waals surface area contributed by atoms with Crippen molar-refractivity contribution in [3.63, 3.8) is 0 Å². The van der Waals surface area contributed by atoms with Crippen LogP contribution in [-0.2, 0) is 6.54 Å². The Morgan fingerprint density at radius 3 is 2.82 bits per heavy atom. The molecular formula is C5H9BrN4O. The Kier molecular flexibility index (Phi) is 2.84. The third-order valence-electron chi connectivity index (χ3n) is 1.17. The Bertz CT molecular complexity index is 236. The van der Waals surface area contributed by atoms with Gasteiger partial charge in [0.25, 0.3) is 0 Å². The van der Waals surface area contributed by atoms with Gasteiger partial charge in [0, 0.05) is 13.2 Å². The van der Waals surface area contributed by atoms with Gasteiger partial charge in [-0.05, 0) is 22.4 Å². The van der Waals surface area contributed by atoms with Crippen LogP contribution in [0.15, 0.2) is 4.73 Å². The first-order valence-corrected chi connectivity index (χ1v) is 4.00. The minimum atomic E-state index is 0.145. The number of aromatic nitrogens is 3. The standard InChI is InChI=1S/C5H9BrN4O/c6-4-8-5(7)9-10(4)2-1-3-11/h11H,1-3H2,(H2,7,9). The summed E-state index contributed by atoms with van der Waals surface area (Å²) in [6, 6.07) is 0. The van der Waals surface area contributed by atoms with Gasteiger partial charge < -0.3 is 10.8 Å². The summed E-state index contributed by atoms with van der Waals surface area (Å²) in [4.78, 5) is 3.83. The number of nitrogens with zero attached hydrogens (tertiary/aromatic N) is 3. The van der Waals surface area contributed by atoms with Gasteiger partial charge in [0.2, 0.25) is 5.95 Å². The highest BCUT2D eigenvalue weighted by atomic mass is 79.9. The Labute approximate surface area is 72.4 Å². The lowest BCUT2D eigenvalue weighted by Crippen LogP contribution is -2.02. The number of aliphatic hydroxyl groups excluding tert-OH is 1. The number of aryl methyl sites for hydroxylation is 1. The van der Waals surface area contributed by atoms with E-state index in [2.05, 4.69) is 26.0 Å². The van der Waals surface area contributed by atoms with Crippen LogP contribution >= 0.6 is 15.9 Å². The molecule has 0 aromatic carbocycles. The number of anilines is 1. The van der Waals surface area contributed by atoms with Crippen molar-refractivity contribution in [1.82, 2.24) is 14.8 Å². The van der Waals surface area contributed by atoms with Gasteiger partial charge in [-0.1, -0.05) is 0 Å². The van der Waals surface area contributed by atoms with Crippen LogP contribution in [0.3, 0.4) is 0 Å². The first-order chi connectivity index (χ1) is 5.24. The molecule has 0 atom stereocenters. The molecule has 1 aromatic heterocycles. The fraction of sp³-hybridized carbons (Fsp3) is 0.600. The summed E-state index contributed by atoms with van der Waals surface area (Å²) in [5, 5.41) is 12.4. The third-order valence-corrected chi connectivity index (χ3v) is 1.76. The van der Waals surface area contributed by atoms with Crippen molar-refractivity contribution >= 4 is 21.9 Å². The molecule has 0 aliphatic carbocycles. The maximum Gasteiger partial charge on any atom is 0.240 e. The zero-order valence-corrected chi connectivity index (χ0v) is 7.45. The Morgan fingerprint density at radius 2 is 2.36 bits per heavy atom. The van der Waals surface area contributed by atoms with Crippen molar-refractivity contribution in [2.45, 2.75) is 13.0 Å². The number of hydrogen-bond donors (Lipinski definition) is 2. The monoisotopic (exact) mass is 220 g/mol. The molecular weight excluding hydrogens is 212 g/mol. The lowest BCUT2D eigenvalue weighted by Gasteiger charge is -1.97. The van der Waals surface area contributed by atoms with Crippen LogP contribution in [0, 0.1) is 0 Å². The number of hydrogen-bond acceptors (Lipinski definition) is 4. The van der Waals surface area contributed by atoms with E-state index in [1.807, 2.05) is 0 Å². The molecule has 0 saturated heterocycles. The molecule has 0 aliphatic rings. The van der Waals surface area contributed by atoms with E-state index in [4.69, 9.17) is 10.8 Å². The number of aliphatic hydroxyl groups is 1. The quantitative estimate of drug-likeness (QED) is 0.753. The zero-order valence-electron chi connectivity index (χ0n) is 5.87. The van der Waals surface area contributed by atoms with Crippen molar-refractivity contribution < 1.29 is 5.11 Å². The van der Waals surface area contributed by atoms with E-state index < -0.39 is 0 Å². The van der Waals surface area contributed by atoms with Crippen LogP contribution < -0.4 is 5.73 Å². The number of halogens is 1. The van der Waals surface area contributed by atoms with Crippen LogP contribution in [0.2, 0.25) is 0 Å². The number of nitrogens with two attached hydrogens (primary N) is 1. The molecule has 5 nitrogen and oxygen atoms in total. The van der Waals surface area contributed by atoms with Gasteiger partial charge in [-0.15, -0.1) is 5.10 Å². The number of nitrogen functional groups attached to an aromatic ring is 1. The minimum absolute atomic E-state index is 0.145. The molecule has 0 radical (unpaired) electrons. The van der Waals surface area contributed by atoms with E-state index in [9.17, 15) is 0 Å². The first kappa shape index (κ1) is 8.48.